The molecule has 146 valence electrons. The summed E-state index contributed by atoms with van der Waals surface area (Å²) in [5.41, 5.74) is 4.28. The van der Waals surface area contributed by atoms with Crippen molar-refractivity contribution in [3.63, 3.8) is 0 Å². The fourth-order valence-corrected chi connectivity index (χ4v) is 3.23. The maximum absolute atomic E-state index is 12.3. The first kappa shape index (κ1) is 18.6. The Morgan fingerprint density at radius 3 is 2.83 bits per heavy atom. The molecule has 0 bridgehead atoms. The number of imidazole rings is 1. The number of aromatic nitrogens is 2. The van der Waals surface area contributed by atoms with Gasteiger partial charge < -0.3 is 19.4 Å². The van der Waals surface area contributed by atoms with E-state index in [2.05, 4.69) is 20.9 Å². The molecule has 0 radical (unpaired) electrons. The van der Waals surface area contributed by atoms with Crippen LogP contribution in [0.4, 0.5) is 5.69 Å². The Balaban J connectivity index is 1.39. The van der Waals surface area contributed by atoms with Crippen molar-refractivity contribution in [1.29, 1.82) is 5.26 Å². The Labute approximate surface area is 168 Å². The van der Waals surface area contributed by atoms with Crippen LogP contribution in [-0.2, 0) is 29.1 Å². The van der Waals surface area contributed by atoms with E-state index in [1.807, 2.05) is 18.2 Å². The molecule has 1 aromatic heterocycles. The highest BCUT2D eigenvalue weighted by molar-refractivity contribution is 5.74. The van der Waals surface area contributed by atoms with E-state index in [1.54, 1.807) is 36.8 Å². The Kier molecular flexibility index (Phi) is 5.43. The van der Waals surface area contributed by atoms with Crippen LogP contribution in [0, 0.1) is 11.3 Å². The van der Waals surface area contributed by atoms with Gasteiger partial charge in [-0.25, -0.2) is 4.98 Å². The first-order valence-electron chi connectivity index (χ1n) is 9.34. The third-order valence-corrected chi connectivity index (χ3v) is 4.73. The zero-order valence-corrected chi connectivity index (χ0v) is 15.8. The van der Waals surface area contributed by atoms with Gasteiger partial charge in [-0.2, -0.15) is 5.26 Å². The van der Waals surface area contributed by atoms with E-state index in [0.717, 1.165) is 34.8 Å². The molecule has 0 unspecified atom stereocenters. The van der Waals surface area contributed by atoms with E-state index >= 15 is 0 Å². The van der Waals surface area contributed by atoms with Crippen LogP contribution in [0.2, 0.25) is 0 Å². The summed E-state index contributed by atoms with van der Waals surface area (Å²) < 4.78 is 11.1. The number of ether oxygens (including phenoxy) is 2. The van der Waals surface area contributed by atoms with Crippen molar-refractivity contribution >= 4 is 11.7 Å². The number of fused-ring (bicyclic) bond motifs is 1. The maximum Gasteiger partial charge on any atom is 0.310 e. The third kappa shape index (κ3) is 4.55. The van der Waals surface area contributed by atoms with Gasteiger partial charge >= 0.3 is 5.97 Å². The summed E-state index contributed by atoms with van der Waals surface area (Å²) in [6, 6.07) is 14.8. The minimum atomic E-state index is -0.300. The van der Waals surface area contributed by atoms with Crippen LogP contribution < -0.4 is 9.64 Å². The first-order valence-corrected chi connectivity index (χ1v) is 9.34. The highest BCUT2D eigenvalue weighted by Crippen LogP contribution is 2.33. The number of rotatable bonds is 6. The molecule has 1 aliphatic heterocycles. The molecule has 0 saturated heterocycles. The molecule has 0 fully saturated rings. The second-order valence-electron chi connectivity index (χ2n) is 6.80. The number of carbonyl (C=O) groups excluding carboxylic acids is 1. The molecule has 7 heteroatoms. The van der Waals surface area contributed by atoms with Crippen molar-refractivity contribution in [2.45, 2.75) is 19.6 Å². The lowest BCUT2D eigenvalue weighted by molar-refractivity contribution is -0.144. The molecule has 0 saturated carbocycles. The predicted molar refractivity (Wildman–Crippen MR) is 106 cm³/mol. The molecule has 7 nitrogen and oxygen atoms in total. The molecule has 0 amide bonds. The van der Waals surface area contributed by atoms with Crippen LogP contribution in [0.25, 0.3) is 0 Å². The average molecular weight is 388 g/mol. The summed E-state index contributed by atoms with van der Waals surface area (Å²) in [7, 11) is 0. The maximum atomic E-state index is 12.3. The summed E-state index contributed by atoms with van der Waals surface area (Å²) >= 11 is 0. The van der Waals surface area contributed by atoms with Crippen LogP contribution in [-0.4, -0.2) is 29.1 Å². The van der Waals surface area contributed by atoms with Gasteiger partial charge in [0.05, 0.1) is 48.9 Å². The lowest BCUT2D eigenvalue weighted by atomic mass is 10.1. The molecule has 0 spiro atoms. The summed E-state index contributed by atoms with van der Waals surface area (Å²) in [6.45, 7) is 2.26. The smallest absolute Gasteiger partial charge is 0.310 e. The van der Waals surface area contributed by atoms with Crippen LogP contribution in [0.1, 0.15) is 22.4 Å². The highest BCUT2D eigenvalue weighted by atomic mass is 16.5. The van der Waals surface area contributed by atoms with Crippen molar-refractivity contribution in [2.75, 3.05) is 18.1 Å². The Hall–Kier alpha value is -3.79. The highest BCUT2D eigenvalue weighted by Gasteiger charge is 2.20. The molecule has 29 heavy (non-hydrogen) atoms. The number of nitriles is 1. The Morgan fingerprint density at radius 1 is 1.24 bits per heavy atom. The summed E-state index contributed by atoms with van der Waals surface area (Å²) in [6.07, 6.45) is 3.65. The number of nitrogens with one attached hydrogen (secondary N) is 1. The molecule has 2 aromatic carbocycles. The number of aromatic amines is 1. The Morgan fingerprint density at radius 2 is 2.07 bits per heavy atom. The first-order chi connectivity index (χ1) is 14.2. The van der Waals surface area contributed by atoms with Gasteiger partial charge in [0, 0.05) is 6.20 Å². The molecule has 2 heterocycles. The third-order valence-electron chi connectivity index (χ3n) is 4.73. The molecule has 0 atom stereocenters. The minimum Gasteiger partial charge on any atom is -0.490 e. The van der Waals surface area contributed by atoms with Gasteiger partial charge in [-0.1, -0.05) is 18.2 Å². The van der Waals surface area contributed by atoms with E-state index in [4.69, 9.17) is 14.7 Å². The zero-order valence-electron chi connectivity index (χ0n) is 15.8. The predicted octanol–water partition coefficient (Wildman–Crippen LogP) is 2.97. The van der Waals surface area contributed by atoms with Gasteiger partial charge in [0.15, 0.2) is 0 Å². The summed E-state index contributed by atoms with van der Waals surface area (Å²) in [5, 5.41) is 8.83. The molecule has 3 aromatic rings. The van der Waals surface area contributed by atoms with E-state index in [0.29, 0.717) is 18.7 Å². The summed E-state index contributed by atoms with van der Waals surface area (Å²) in [5.74, 6) is 0.511. The minimum absolute atomic E-state index is 0.182. The number of benzene rings is 2. The standard InChI is InChI=1S/C22H20N4O3/c23-11-16-1-3-17(4-2-16)14-29-22(27)10-18-5-6-21-20(9-18)26(7-8-28-21)13-19-12-24-15-25-19/h1-6,9,12,15H,7-8,10,13-14H2,(H,24,25). The van der Waals surface area contributed by atoms with Gasteiger partial charge in [0.1, 0.15) is 19.0 Å². The molecular weight excluding hydrogens is 368 g/mol. The normalized spacial score (nSPS) is 12.6. The van der Waals surface area contributed by atoms with E-state index in [9.17, 15) is 4.79 Å². The van der Waals surface area contributed by atoms with E-state index in [-0.39, 0.29) is 19.0 Å². The van der Waals surface area contributed by atoms with Gasteiger partial charge in [0.2, 0.25) is 0 Å². The molecular formula is C22H20N4O3. The van der Waals surface area contributed by atoms with Gasteiger partial charge in [-0.3, -0.25) is 4.79 Å². The van der Waals surface area contributed by atoms with Crippen molar-refractivity contribution in [3.05, 3.63) is 77.4 Å². The molecule has 1 aliphatic rings. The Bertz CT molecular complexity index is 1020. The second kappa shape index (κ2) is 8.48. The lowest BCUT2D eigenvalue weighted by Gasteiger charge is -2.31. The van der Waals surface area contributed by atoms with Gasteiger partial charge in [-0.05, 0) is 35.4 Å². The average Bonchev–Trinajstić information content (AvgIpc) is 3.26. The number of carbonyl (C=O) groups is 1. The van der Waals surface area contributed by atoms with Gasteiger partial charge in [0.25, 0.3) is 0 Å². The van der Waals surface area contributed by atoms with Crippen molar-refractivity contribution < 1.29 is 14.3 Å². The molecule has 1 N–H and O–H groups in total. The zero-order chi connectivity index (χ0) is 20.1. The van der Waals surface area contributed by atoms with Crippen LogP contribution in [0.5, 0.6) is 5.75 Å². The van der Waals surface area contributed by atoms with Crippen molar-refractivity contribution in [1.82, 2.24) is 9.97 Å². The fraction of sp³-hybridized carbons (Fsp3) is 0.227. The number of H-pyrrole nitrogens is 1. The molecule has 4 rings (SSSR count). The number of anilines is 1. The number of nitrogens with zero attached hydrogens (tertiary/aromatic N) is 3. The topological polar surface area (TPSA) is 91.2 Å². The van der Waals surface area contributed by atoms with Crippen LogP contribution in [0.3, 0.4) is 0 Å². The quantitative estimate of drug-likeness (QED) is 0.653. The van der Waals surface area contributed by atoms with Gasteiger partial charge in [-0.15, -0.1) is 0 Å². The number of hydrogen-bond donors (Lipinski definition) is 1. The van der Waals surface area contributed by atoms with E-state index < -0.39 is 0 Å². The van der Waals surface area contributed by atoms with Crippen LogP contribution in [0.15, 0.2) is 55.0 Å². The molecule has 0 aliphatic carbocycles. The number of esters is 1. The van der Waals surface area contributed by atoms with E-state index in [1.165, 1.54) is 0 Å². The van der Waals surface area contributed by atoms with Crippen LogP contribution >= 0.6 is 0 Å². The largest absolute Gasteiger partial charge is 0.490 e. The number of hydrogen-bond acceptors (Lipinski definition) is 6. The van der Waals surface area contributed by atoms with Crippen molar-refractivity contribution in [2.24, 2.45) is 0 Å². The second-order valence-corrected chi connectivity index (χ2v) is 6.80. The monoisotopic (exact) mass is 388 g/mol. The fourth-order valence-electron chi connectivity index (χ4n) is 3.23. The summed E-state index contributed by atoms with van der Waals surface area (Å²) in [4.78, 5) is 21.7. The SMILES string of the molecule is N#Cc1ccc(COC(=O)Cc2ccc3c(c2)N(Cc2cnc[nH]2)CCO3)cc1. The van der Waals surface area contributed by atoms with Crippen molar-refractivity contribution in [3.8, 4) is 11.8 Å². The lowest BCUT2D eigenvalue weighted by Crippen LogP contribution is -2.32.